The average Bonchev–Trinajstić information content (AvgIpc) is 3.43. The molecule has 6 aromatic rings. The van der Waals surface area contributed by atoms with Crippen molar-refractivity contribution in [2.75, 3.05) is 26.6 Å². The lowest BCUT2D eigenvalue weighted by molar-refractivity contribution is -0.169. The first kappa shape index (κ1) is 61.8. The van der Waals surface area contributed by atoms with E-state index in [2.05, 4.69) is 0 Å². The van der Waals surface area contributed by atoms with Gasteiger partial charge in [-0.25, -0.2) is 0 Å². The normalized spacial score (nSPS) is 12.2. The van der Waals surface area contributed by atoms with Gasteiger partial charge in [0.25, 0.3) is 0 Å². The molecule has 0 fully saturated rings. The summed E-state index contributed by atoms with van der Waals surface area (Å²) in [5.41, 5.74) is 2.57. The smallest absolute Gasteiger partial charge is 0.309 e. The van der Waals surface area contributed by atoms with Crippen LogP contribution in [0.15, 0.2) is 133 Å². The highest BCUT2D eigenvalue weighted by molar-refractivity contribution is 7.94. The minimum Gasteiger partial charge on any atom is -0.489 e. The molecule has 0 aliphatic carbocycles. The van der Waals surface area contributed by atoms with Crippen molar-refractivity contribution in [3.63, 3.8) is 0 Å². The van der Waals surface area contributed by atoms with Crippen LogP contribution in [0.25, 0.3) is 0 Å². The molecule has 422 valence electrons. The van der Waals surface area contributed by atoms with Crippen LogP contribution in [0, 0.1) is 27.7 Å². The SMILES string of the molecule is Cc1cc(C(C)(C)C)c(OCCOC(=O)CCC(=O)OCOC(=O)CCC(=O)OCC(C)Oc2c(C(C)(C)C)cc(C)c(C(=O)P(=O)(c3ccccc3)c3ccccc3)c2C)c(C)c1C(=O)P(=O)(c1ccccc1)c1ccccc1. The molecule has 1 atom stereocenters. The number of rotatable bonds is 24. The van der Waals surface area contributed by atoms with Gasteiger partial charge >= 0.3 is 23.9 Å². The predicted octanol–water partition coefficient (Wildman–Crippen LogP) is 11.4. The van der Waals surface area contributed by atoms with Crippen molar-refractivity contribution in [1.29, 1.82) is 0 Å². The summed E-state index contributed by atoms with van der Waals surface area (Å²) in [5, 5.41) is 1.65. The predicted molar refractivity (Wildman–Crippen MR) is 310 cm³/mol. The van der Waals surface area contributed by atoms with Gasteiger partial charge in [-0.15, -0.1) is 0 Å². The van der Waals surface area contributed by atoms with Crippen molar-refractivity contribution in [1.82, 2.24) is 0 Å². The summed E-state index contributed by atoms with van der Waals surface area (Å²) in [6, 6.07) is 38.6. The van der Waals surface area contributed by atoms with Crippen LogP contribution in [-0.2, 0) is 58.1 Å². The average molecular weight is 1130 g/mol. The number of aryl methyl sites for hydroxylation is 2. The van der Waals surface area contributed by atoms with Crippen molar-refractivity contribution in [2.45, 2.75) is 119 Å². The van der Waals surface area contributed by atoms with Gasteiger partial charge in [-0.2, -0.15) is 0 Å². The van der Waals surface area contributed by atoms with E-state index in [1.807, 2.05) is 67.5 Å². The molecule has 14 nitrogen and oxygen atoms in total. The molecular weight excluding hydrogens is 1050 g/mol. The number of ether oxygens (including phenoxy) is 6. The van der Waals surface area contributed by atoms with Crippen LogP contribution < -0.4 is 30.7 Å². The molecule has 80 heavy (non-hydrogen) atoms. The highest BCUT2D eigenvalue weighted by Crippen LogP contribution is 2.51. The zero-order valence-corrected chi connectivity index (χ0v) is 49.3. The van der Waals surface area contributed by atoms with Gasteiger partial charge in [-0.3, -0.25) is 28.8 Å². The lowest BCUT2D eigenvalue weighted by Gasteiger charge is -2.29. The maximum atomic E-state index is 15.1. The Labute approximate surface area is 469 Å². The van der Waals surface area contributed by atoms with Gasteiger partial charge in [0.2, 0.25) is 32.1 Å². The molecular formula is C64H72O14P2. The molecule has 0 spiro atoms. The molecule has 0 bridgehead atoms. The van der Waals surface area contributed by atoms with E-state index in [0.29, 0.717) is 55.0 Å². The highest BCUT2D eigenvalue weighted by atomic mass is 31.2. The Kier molecular flexibility index (Phi) is 20.6. The molecule has 0 aliphatic rings. The fourth-order valence-electron chi connectivity index (χ4n) is 9.28. The first-order valence-corrected chi connectivity index (χ1v) is 29.9. The maximum Gasteiger partial charge on any atom is 0.309 e. The second-order valence-corrected chi connectivity index (χ2v) is 27.0. The Morgan fingerprint density at radius 3 is 1.14 bits per heavy atom. The largest absolute Gasteiger partial charge is 0.489 e. The number of hydrogen-bond donors (Lipinski definition) is 0. The molecule has 0 heterocycles. The maximum absolute atomic E-state index is 15.1. The number of hydrogen-bond acceptors (Lipinski definition) is 14. The number of carbonyl (C=O) groups is 6. The first-order valence-electron chi connectivity index (χ1n) is 26.5. The molecule has 6 aromatic carbocycles. The van der Waals surface area contributed by atoms with Crippen molar-refractivity contribution < 1.29 is 66.3 Å². The third kappa shape index (κ3) is 14.7. The zero-order valence-electron chi connectivity index (χ0n) is 47.5. The molecule has 0 saturated heterocycles. The van der Waals surface area contributed by atoms with Gasteiger partial charge in [-0.05, 0) is 56.6 Å². The van der Waals surface area contributed by atoms with Crippen LogP contribution in [0.5, 0.6) is 11.5 Å². The van der Waals surface area contributed by atoms with Gasteiger partial charge in [0.1, 0.15) is 37.4 Å². The van der Waals surface area contributed by atoms with Crippen LogP contribution in [0.4, 0.5) is 0 Å². The summed E-state index contributed by atoms with van der Waals surface area (Å²) < 4.78 is 63.6. The third-order valence-electron chi connectivity index (χ3n) is 13.4. The van der Waals surface area contributed by atoms with Gasteiger partial charge in [0, 0.05) is 54.6 Å². The summed E-state index contributed by atoms with van der Waals surface area (Å²) in [7, 11) is -7.70. The highest BCUT2D eigenvalue weighted by Gasteiger charge is 2.41. The molecule has 0 N–H and O–H groups in total. The lowest BCUT2D eigenvalue weighted by Crippen LogP contribution is -2.27. The fraction of sp³-hybridized carbons (Fsp3) is 0.344. The second kappa shape index (κ2) is 26.7. The summed E-state index contributed by atoms with van der Waals surface area (Å²) in [6.07, 6.45) is -2.14. The van der Waals surface area contributed by atoms with E-state index in [9.17, 15) is 28.8 Å². The van der Waals surface area contributed by atoms with E-state index in [1.54, 1.807) is 142 Å². The molecule has 0 aliphatic heterocycles. The van der Waals surface area contributed by atoms with Crippen LogP contribution in [0.1, 0.15) is 128 Å². The molecule has 0 amide bonds. The Hall–Kier alpha value is -7.40. The molecule has 6 rings (SSSR count). The topological polar surface area (TPSA) is 192 Å². The summed E-state index contributed by atoms with van der Waals surface area (Å²) in [6.45, 7) is 19.7. The standard InChI is InChI=1S/C64H72O14P2/c1-42-38-51(63(6,7)8)59(45(4)57(42)61(69)79(71,47-24-16-12-17-25-47)48-26-18-13-19-27-48)74-37-36-73-53(65)32-34-55(67)76-41-77-56(68)35-33-54(66)75-40-44(3)78-60-46(5)58(43(2)39-52(60)64(9,10)11)62(70)80(72,49-28-20-14-21-29-49)50-30-22-15-23-31-50/h12-31,38-39,44H,32-37,40-41H2,1-11H3. The van der Waals surface area contributed by atoms with E-state index in [1.165, 1.54) is 0 Å². The molecule has 0 radical (unpaired) electrons. The van der Waals surface area contributed by atoms with E-state index in [4.69, 9.17) is 28.4 Å². The number of carbonyl (C=O) groups excluding carboxylic acids is 6. The minimum atomic E-state index is -3.86. The van der Waals surface area contributed by atoms with Crippen LogP contribution in [0.2, 0.25) is 0 Å². The van der Waals surface area contributed by atoms with E-state index in [-0.39, 0.29) is 56.6 Å². The van der Waals surface area contributed by atoms with Gasteiger partial charge in [-0.1, -0.05) is 175 Å². The second-order valence-electron chi connectivity index (χ2n) is 21.6. The van der Waals surface area contributed by atoms with Crippen molar-refractivity contribution >= 4 is 70.4 Å². The molecule has 0 aromatic heterocycles. The monoisotopic (exact) mass is 1130 g/mol. The van der Waals surface area contributed by atoms with Crippen LogP contribution in [0.3, 0.4) is 0 Å². The summed E-state index contributed by atoms with van der Waals surface area (Å²) >= 11 is 0. The molecule has 1 unspecified atom stereocenters. The zero-order chi connectivity index (χ0) is 58.6. The summed E-state index contributed by atoms with van der Waals surface area (Å²) in [5.74, 6) is -2.26. The van der Waals surface area contributed by atoms with E-state index in [0.717, 1.165) is 11.1 Å². The van der Waals surface area contributed by atoms with E-state index >= 15 is 9.13 Å². The minimum absolute atomic E-state index is 0.0883. The van der Waals surface area contributed by atoms with E-state index < -0.39 is 72.9 Å². The third-order valence-corrected chi connectivity index (χ3v) is 19.1. The Bertz CT molecular complexity index is 3220. The van der Waals surface area contributed by atoms with Crippen LogP contribution in [-0.4, -0.2) is 67.6 Å². The fourth-order valence-corrected chi connectivity index (χ4v) is 14.5. The van der Waals surface area contributed by atoms with Crippen LogP contribution >= 0.6 is 14.3 Å². The Balaban J connectivity index is 0.957. The number of esters is 4. The van der Waals surface area contributed by atoms with Gasteiger partial charge in [0.15, 0.2) is 0 Å². The van der Waals surface area contributed by atoms with Crippen molar-refractivity contribution in [3.8, 4) is 11.5 Å². The Morgan fingerprint density at radius 1 is 0.450 bits per heavy atom. The molecule has 0 saturated carbocycles. The van der Waals surface area contributed by atoms with Crippen molar-refractivity contribution in [2.24, 2.45) is 0 Å². The Morgan fingerprint density at radius 2 is 0.775 bits per heavy atom. The quantitative estimate of drug-likeness (QED) is 0.0183. The van der Waals surface area contributed by atoms with Crippen molar-refractivity contribution in [3.05, 3.63) is 178 Å². The molecule has 16 heteroatoms. The van der Waals surface area contributed by atoms with Gasteiger partial charge in [0.05, 0.1) is 25.7 Å². The summed E-state index contributed by atoms with van der Waals surface area (Å²) in [4.78, 5) is 79.7. The van der Waals surface area contributed by atoms with Gasteiger partial charge < -0.3 is 37.6 Å². The first-order chi connectivity index (χ1) is 37.8. The number of benzene rings is 6. The lowest BCUT2D eigenvalue weighted by atomic mass is 9.82.